The van der Waals surface area contributed by atoms with Crippen LogP contribution in [-0.2, 0) is 25.1 Å². The van der Waals surface area contributed by atoms with Gasteiger partial charge in [-0.15, -0.1) is 0 Å². The highest BCUT2D eigenvalue weighted by atomic mass is 31.2. The monoisotopic (exact) mass is 625 g/mol. The van der Waals surface area contributed by atoms with E-state index in [0.29, 0.717) is 38.5 Å². The van der Waals surface area contributed by atoms with Gasteiger partial charge in [-0.25, -0.2) is 9.18 Å². The molecular weight excluding hydrogens is 572 g/mol. The average Bonchev–Trinajstić information content (AvgIpc) is 3.70. The number of halogens is 1. The highest BCUT2D eigenvalue weighted by Crippen LogP contribution is 2.71. The van der Waals surface area contributed by atoms with Crippen molar-refractivity contribution in [3.05, 3.63) is 35.6 Å². The Balaban J connectivity index is 2.26. The number of nitrogens with one attached hydrogen (secondary N) is 2. The summed E-state index contributed by atoms with van der Waals surface area (Å²) in [4.78, 5) is 53.1. The van der Waals surface area contributed by atoms with Crippen molar-refractivity contribution in [2.24, 2.45) is 5.92 Å². The molecule has 9 nitrogen and oxygen atoms in total. The molecule has 0 radical (unpaired) electrons. The van der Waals surface area contributed by atoms with Crippen molar-refractivity contribution >= 4 is 25.3 Å². The van der Waals surface area contributed by atoms with Crippen molar-refractivity contribution in [3.8, 4) is 0 Å². The first-order valence-corrected chi connectivity index (χ1v) is 17.9. The molecule has 1 aromatic carbocycles. The Morgan fingerprint density at radius 2 is 1.79 bits per heavy atom. The van der Waals surface area contributed by atoms with Crippen LogP contribution in [0.4, 0.5) is 9.18 Å². The van der Waals surface area contributed by atoms with E-state index in [4.69, 9.17) is 4.74 Å². The van der Waals surface area contributed by atoms with Crippen LogP contribution in [0.15, 0.2) is 24.3 Å². The molecule has 11 heteroatoms. The van der Waals surface area contributed by atoms with Crippen LogP contribution >= 0.6 is 7.37 Å². The van der Waals surface area contributed by atoms with Gasteiger partial charge in [-0.2, -0.15) is 0 Å². The Morgan fingerprint density at radius 3 is 2.35 bits per heavy atom. The normalized spacial score (nSPS) is 21.2. The topological polar surface area (TPSA) is 125 Å². The van der Waals surface area contributed by atoms with Crippen molar-refractivity contribution in [2.45, 2.75) is 135 Å². The van der Waals surface area contributed by atoms with Gasteiger partial charge >= 0.3 is 6.09 Å². The smallest absolute Gasteiger partial charge is 0.408 e. The first-order valence-electron chi connectivity index (χ1n) is 16.1. The zero-order chi connectivity index (χ0) is 32.2. The molecule has 0 aromatic heterocycles. The summed E-state index contributed by atoms with van der Waals surface area (Å²) in [5.41, 5.74) is 0.122. The van der Waals surface area contributed by atoms with Crippen LogP contribution < -0.4 is 10.6 Å². The lowest BCUT2D eigenvalue weighted by atomic mass is 10.1. The van der Waals surface area contributed by atoms with E-state index in [1.165, 1.54) is 23.1 Å². The third-order valence-corrected chi connectivity index (χ3v) is 11.2. The van der Waals surface area contributed by atoms with E-state index >= 15 is 0 Å². The fraction of sp³-hybridized carbons (Fsp3) is 0.719. The Kier molecular flexibility index (Phi) is 14.6. The lowest BCUT2D eigenvalue weighted by Gasteiger charge is -2.34. The molecule has 2 rings (SSSR count). The van der Waals surface area contributed by atoms with Crippen LogP contribution in [0.2, 0.25) is 0 Å². The van der Waals surface area contributed by atoms with E-state index in [1.54, 1.807) is 13.0 Å². The van der Waals surface area contributed by atoms with Gasteiger partial charge in [0.25, 0.3) is 0 Å². The first-order chi connectivity index (χ1) is 20.4. The number of unbranched alkanes of at least 4 members (excludes halogenated alkanes) is 2. The van der Waals surface area contributed by atoms with Crippen molar-refractivity contribution in [1.29, 1.82) is 0 Å². The summed E-state index contributed by atoms with van der Waals surface area (Å²) < 4.78 is 33.7. The molecule has 0 spiro atoms. The number of benzene rings is 1. The highest BCUT2D eigenvalue weighted by molar-refractivity contribution is 7.59. The number of hydrogen-bond acceptors (Lipinski definition) is 5. The zero-order valence-electron chi connectivity index (χ0n) is 26.9. The number of hydrogen-bond donors (Lipinski definition) is 3. The molecule has 1 aliphatic carbocycles. The lowest BCUT2D eigenvalue weighted by molar-refractivity contribution is -0.141. The number of ether oxygens (including phenoxy) is 1. The summed E-state index contributed by atoms with van der Waals surface area (Å²) in [6, 6.07) is 4.01. The second-order valence-corrected chi connectivity index (χ2v) is 14.3. The summed E-state index contributed by atoms with van der Waals surface area (Å²) in [6.07, 6.45) is 5.33. The summed E-state index contributed by atoms with van der Waals surface area (Å²) in [5.74, 6) is -1.75. The number of amides is 3. The van der Waals surface area contributed by atoms with E-state index in [9.17, 15) is 28.2 Å². The Labute approximate surface area is 257 Å². The van der Waals surface area contributed by atoms with Gasteiger partial charge in [0.2, 0.25) is 19.2 Å². The fourth-order valence-electron chi connectivity index (χ4n) is 5.71. The van der Waals surface area contributed by atoms with Crippen molar-refractivity contribution in [1.82, 2.24) is 15.5 Å². The van der Waals surface area contributed by atoms with Gasteiger partial charge in [0.05, 0.1) is 6.16 Å². The summed E-state index contributed by atoms with van der Waals surface area (Å²) in [7, 11) is -4.10. The quantitative estimate of drug-likeness (QED) is 0.116. The maximum Gasteiger partial charge on any atom is 0.408 e. The molecule has 0 saturated heterocycles. The molecule has 244 valence electrons. The number of carbonyl (C=O) groups is 3. The average molecular weight is 626 g/mol. The van der Waals surface area contributed by atoms with Gasteiger partial charge in [0.1, 0.15) is 29.3 Å². The van der Waals surface area contributed by atoms with Crippen LogP contribution in [-0.4, -0.2) is 57.7 Å². The van der Waals surface area contributed by atoms with Gasteiger partial charge in [-0.1, -0.05) is 84.9 Å². The van der Waals surface area contributed by atoms with Crippen LogP contribution in [0.3, 0.4) is 0 Å². The van der Waals surface area contributed by atoms with Crippen molar-refractivity contribution < 1.29 is 33.0 Å². The molecule has 1 fully saturated rings. The Hall–Kier alpha value is -2.45. The molecule has 3 amide bonds. The molecular formula is C32H53FN3O6P. The largest absolute Gasteiger partial charge is 0.446 e. The summed E-state index contributed by atoms with van der Waals surface area (Å²) in [5, 5.41) is 4.22. The molecule has 0 aliphatic heterocycles. The first kappa shape index (κ1) is 36.7. The van der Waals surface area contributed by atoms with Gasteiger partial charge in [0.15, 0.2) is 0 Å². The molecule has 43 heavy (non-hydrogen) atoms. The zero-order valence-corrected chi connectivity index (χ0v) is 27.8. The van der Waals surface area contributed by atoms with Crippen molar-refractivity contribution in [3.63, 3.8) is 0 Å². The van der Waals surface area contributed by atoms with Crippen molar-refractivity contribution in [2.75, 3.05) is 6.54 Å². The molecule has 1 aliphatic rings. The van der Waals surface area contributed by atoms with Gasteiger partial charge < -0.3 is 25.2 Å². The fourth-order valence-corrected chi connectivity index (χ4v) is 8.26. The van der Waals surface area contributed by atoms with E-state index in [-0.39, 0.29) is 24.1 Å². The van der Waals surface area contributed by atoms with E-state index in [0.717, 1.165) is 25.7 Å². The molecule has 0 bridgehead atoms. The van der Waals surface area contributed by atoms with Crippen LogP contribution in [0.5, 0.6) is 0 Å². The van der Waals surface area contributed by atoms with Crippen LogP contribution in [0.25, 0.3) is 0 Å². The highest BCUT2D eigenvalue weighted by Gasteiger charge is 2.65. The third kappa shape index (κ3) is 9.77. The molecule has 2 unspecified atom stereocenters. The minimum atomic E-state index is -4.10. The lowest BCUT2D eigenvalue weighted by Crippen LogP contribution is -2.56. The Morgan fingerprint density at radius 1 is 1.09 bits per heavy atom. The number of carbonyl (C=O) groups excluding carboxylic acids is 3. The predicted molar refractivity (Wildman–Crippen MR) is 167 cm³/mol. The number of alkyl carbamates (subject to hydrolysis) is 1. The predicted octanol–water partition coefficient (Wildman–Crippen LogP) is 6.72. The molecule has 1 saturated carbocycles. The van der Waals surface area contributed by atoms with Gasteiger partial charge in [-0.3, -0.25) is 14.2 Å². The van der Waals surface area contributed by atoms with Gasteiger partial charge in [0, 0.05) is 6.54 Å². The van der Waals surface area contributed by atoms with E-state index < -0.39 is 54.6 Å². The minimum Gasteiger partial charge on any atom is -0.446 e. The van der Waals surface area contributed by atoms with Crippen LogP contribution in [0.1, 0.15) is 111 Å². The maximum absolute atomic E-state index is 14.4. The third-order valence-electron chi connectivity index (χ3n) is 8.49. The molecule has 0 heterocycles. The molecule has 6 atom stereocenters. The SMILES string of the molecule is CCCCC[C@H](NC(=O)OC(CC)CCC)C(=O)N(CCC)[C@@H](C)C(=O)N[C@]1(P(=O)(O)Cc2ccccc2F)C[C@H]1CC. The minimum absolute atomic E-state index is 0.122. The van der Waals surface area contributed by atoms with E-state index in [2.05, 4.69) is 10.6 Å². The summed E-state index contributed by atoms with van der Waals surface area (Å²) in [6.45, 7) is 11.6. The standard InChI is InChI=1S/C32H53FN3O6P/c1-7-12-13-19-28(34-31(39)42-26(11-5)16-8-2)30(38)36(20-9-3)23(6)29(37)35-32(21-25(32)10-4)43(40,41)22-24-17-14-15-18-27(24)33/h14-15,17-18,23,25-26,28H,7-13,16,19-22H2,1-6H3,(H,34,39)(H,35,37)(H,40,41)/t23-,25+,26?,28-,32-/m0/s1. The summed E-state index contributed by atoms with van der Waals surface area (Å²) >= 11 is 0. The van der Waals surface area contributed by atoms with Crippen LogP contribution in [0, 0.1) is 11.7 Å². The van der Waals surface area contributed by atoms with Gasteiger partial charge in [-0.05, 0) is 56.6 Å². The Bertz CT molecular complexity index is 1120. The molecule has 3 N–H and O–H groups in total. The number of nitrogens with zero attached hydrogens (tertiary/aromatic N) is 1. The molecule has 1 aromatic rings. The second kappa shape index (κ2) is 17.1. The van der Waals surface area contributed by atoms with E-state index in [1.807, 2.05) is 34.6 Å². The maximum atomic E-state index is 14.4. The number of rotatable bonds is 19. The second-order valence-electron chi connectivity index (χ2n) is 11.8.